The lowest BCUT2D eigenvalue weighted by atomic mass is 10.1. The second kappa shape index (κ2) is 11.3. The first-order chi connectivity index (χ1) is 16.8. The van der Waals surface area contributed by atoms with Gasteiger partial charge in [-0.25, -0.2) is 9.18 Å². The molecule has 1 aliphatic rings. The van der Waals surface area contributed by atoms with Gasteiger partial charge < -0.3 is 4.74 Å². The van der Waals surface area contributed by atoms with Crippen LogP contribution in [0.5, 0.6) is 0 Å². The predicted molar refractivity (Wildman–Crippen MR) is 134 cm³/mol. The number of carbonyl (C=O) groups excluding carboxylic acids is 1. The number of ether oxygens (including phenoxy) is 1. The van der Waals surface area contributed by atoms with Crippen LogP contribution in [0.1, 0.15) is 25.8 Å². The van der Waals surface area contributed by atoms with Crippen molar-refractivity contribution in [2.75, 3.05) is 32.8 Å². The molecule has 0 spiro atoms. The van der Waals surface area contributed by atoms with Crippen molar-refractivity contribution in [1.29, 1.82) is 0 Å². The minimum Gasteiger partial charge on any atom is -0.379 e. The minimum atomic E-state index is -0.572. The van der Waals surface area contributed by atoms with Crippen LogP contribution in [0.3, 0.4) is 0 Å². The Morgan fingerprint density at radius 2 is 1.94 bits per heavy atom. The van der Waals surface area contributed by atoms with Crippen molar-refractivity contribution in [2.24, 2.45) is 5.92 Å². The molecule has 0 aliphatic carbocycles. The van der Waals surface area contributed by atoms with Crippen LogP contribution in [0.4, 0.5) is 4.39 Å². The van der Waals surface area contributed by atoms with Gasteiger partial charge in [-0.3, -0.25) is 14.3 Å². The Kier molecular flexibility index (Phi) is 8.15. The number of hydrogen-bond acceptors (Lipinski definition) is 5. The molecule has 1 aliphatic heterocycles. The van der Waals surface area contributed by atoms with Crippen LogP contribution >= 0.6 is 11.6 Å². The Bertz CT molecular complexity index is 1250. The molecule has 1 saturated heterocycles. The van der Waals surface area contributed by atoms with Crippen molar-refractivity contribution in [3.05, 3.63) is 69.4 Å². The number of aromatic nitrogens is 3. The van der Waals surface area contributed by atoms with E-state index in [1.807, 2.05) is 19.9 Å². The summed E-state index contributed by atoms with van der Waals surface area (Å²) in [4.78, 5) is 28.2. The fourth-order valence-corrected chi connectivity index (χ4v) is 4.41. The van der Waals surface area contributed by atoms with Gasteiger partial charge in [0.25, 0.3) is 0 Å². The maximum atomic E-state index is 15.2. The monoisotopic (exact) mass is 500 g/mol. The number of benzene rings is 2. The van der Waals surface area contributed by atoms with Crippen LogP contribution in [0.2, 0.25) is 5.02 Å². The highest BCUT2D eigenvalue weighted by Gasteiger charge is 2.21. The predicted octanol–water partition coefficient (Wildman–Crippen LogP) is 3.98. The molecule has 9 heteroatoms. The standard InChI is InChI=1S/C26H30ClFN4O3/c1-18(2)14-22(33)17-31-25(20-4-3-5-21(27)16-20)29-32(26(31)34)24-7-6-19(15-23(24)28)8-9-30-10-12-35-13-11-30/h3-7,15-16,18H,8-14,17H2,1-2H3. The zero-order valence-corrected chi connectivity index (χ0v) is 20.8. The molecule has 0 bridgehead atoms. The lowest BCUT2D eigenvalue weighted by Gasteiger charge is -2.26. The Morgan fingerprint density at radius 3 is 2.63 bits per heavy atom. The highest BCUT2D eigenvalue weighted by atomic mass is 35.5. The number of halogens is 2. The minimum absolute atomic E-state index is 0.0449. The highest BCUT2D eigenvalue weighted by Crippen LogP contribution is 2.22. The summed E-state index contributed by atoms with van der Waals surface area (Å²) in [5.41, 5.74) is 0.890. The molecule has 7 nitrogen and oxygen atoms in total. The van der Waals surface area contributed by atoms with Crippen LogP contribution in [0, 0.1) is 11.7 Å². The van der Waals surface area contributed by atoms with E-state index in [1.54, 1.807) is 30.3 Å². The van der Waals surface area contributed by atoms with E-state index < -0.39 is 11.5 Å². The first kappa shape index (κ1) is 25.3. The molecule has 35 heavy (non-hydrogen) atoms. The van der Waals surface area contributed by atoms with Crippen molar-refractivity contribution >= 4 is 17.4 Å². The third-order valence-electron chi connectivity index (χ3n) is 5.98. The number of Topliss-reactive ketones (excluding diaryl/α,β-unsaturated/α-hetero) is 1. The van der Waals surface area contributed by atoms with E-state index in [9.17, 15) is 9.59 Å². The zero-order chi connectivity index (χ0) is 24.9. The maximum Gasteiger partial charge on any atom is 0.351 e. The third-order valence-corrected chi connectivity index (χ3v) is 6.21. The Morgan fingerprint density at radius 1 is 1.17 bits per heavy atom. The van der Waals surface area contributed by atoms with E-state index in [0.717, 1.165) is 29.9 Å². The summed E-state index contributed by atoms with van der Waals surface area (Å²) in [5, 5.41) is 4.90. The second-order valence-electron chi connectivity index (χ2n) is 9.24. The van der Waals surface area contributed by atoms with Crippen molar-refractivity contribution in [3.63, 3.8) is 0 Å². The van der Waals surface area contributed by atoms with Gasteiger partial charge in [-0.1, -0.05) is 43.6 Å². The number of morpholine rings is 1. The van der Waals surface area contributed by atoms with E-state index in [4.69, 9.17) is 16.3 Å². The lowest BCUT2D eigenvalue weighted by molar-refractivity contribution is -0.120. The summed E-state index contributed by atoms with van der Waals surface area (Å²) in [6.07, 6.45) is 1.02. The molecule has 0 saturated carbocycles. The SMILES string of the molecule is CC(C)CC(=O)Cn1c(-c2cccc(Cl)c2)nn(-c2ccc(CCN3CCOCC3)cc2F)c1=O. The number of ketones is 1. The van der Waals surface area contributed by atoms with Crippen LogP contribution < -0.4 is 5.69 Å². The summed E-state index contributed by atoms with van der Waals surface area (Å²) in [6, 6.07) is 11.7. The molecular weight excluding hydrogens is 471 g/mol. The molecule has 1 fully saturated rings. The number of carbonyl (C=O) groups is 1. The van der Waals surface area contributed by atoms with Crippen molar-refractivity contribution in [1.82, 2.24) is 19.2 Å². The van der Waals surface area contributed by atoms with Crippen molar-refractivity contribution in [2.45, 2.75) is 33.2 Å². The average Bonchev–Trinajstić information content (AvgIpc) is 3.13. The van der Waals surface area contributed by atoms with E-state index in [1.165, 1.54) is 10.6 Å². The smallest absolute Gasteiger partial charge is 0.351 e. The Hall–Kier alpha value is -2.81. The normalized spacial score (nSPS) is 14.5. The van der Waals surface area contributed by atoms with Crippen LogP contribution in [-0.4, -0.2) is 57.9 Å². The molecule has 1 aromatic heterocycles. The molecule has 0 N–H and O–H groups in total. The second-order valence-corrected chi connectivity index (χ2v) is 9.68. The number of rotatable bonds is 9. The summed E-state index contributed by atoms with van der Waals surface area (Å²) in [6.45, 7) is 7.73. The zero-order valence-electron chi connectivity index (χ0n) is 20.0. The van der Waals surface area contributed by atoms with E-state index >= 15 is 4.39 Å². The first-order valence-electron chi connectivity index (χ1n) is 11.9. The molecular formula is C26H30ClFN4O3. The average molecular weight is 501 g/mol. The highest BCUT2D eigenvalue weighted by molar-refractivity contribution is 6.30. The van der Waals surface area contributed by atoms with Gasteiger partial charge in [0.1, 0.15) is 11.5 Å². The molecule has 2 heterocycles. The molecule has 3 aromatic rings. The fourth-order valence-electron chi connectivity index (χ4n) is 4.22. The van der Waals surface area contributed by atoms with E-state index in [-0.39, 0.29) is 29.8 Å². The van der Waals surface area contributed by atoms with Gasteiger partial charge >= 0.3 is 5.69 Å². The Labute approximate surface area is 209 Å². The summed E-state index contributed by atoms with van der Waals surface area (Å²) in [5.74, 6) is -0.207. The molecule has 186 valence electrons. The van der Waals surface area contributed by atoms with Crippen LogP contribution in [-0.2, 0) is 22.5 Å². The summed E-state index contributed by atoms with van der Waals surface area (Å²) >= 11 is 6.15. The maximum absolute atomic E-state index is 15.2. The van der Waals surface area contributed by atoms with Crippen LogP contribution in [0.25, 0.3) is 17.1 Å². The Balaban J connectivity index is 1.65. The molecule has 2 aromatic carbocycles. The lowest BCUT2D eigenvalue weighted by Crippen LogP contribution is -2.37. The number of nitrogens with zero attached hydrogens (tertiary/aromatic N) is 4. The third kappa shape index (κ3) is 6.25. The fraction of sp³-hybridized carbons (Fsp3) is 0.423. The van der Waals surface area contributed by atoms with Gasteiger partial charge in [0, 0.05) is 36.6 Å². The van der Waals surface area contributed by atoms with Crippen molar-refractivity contribution < 1.29 is 13.9 Å². The van der Waals surface area contributed by atoms with Gasteiger partial charge in [-0.2, -0.15) is 4.68 Å². The van der Waals surface area contributed by atoms with Crippen molar-refractivity contribution in [3.8, 4) is 17.1 Å². The largest absolute Gasteiger partial charge is 0.379 e. The van der Waals surface area contributed by atoms with Gasteiger partial charge in [0.05, 0.1) is 19.8 Å². The van der Waals surface area contributed by atoms with Gasteiger partial charge in [-0.05, 0) is 42.2 Å². The first-order valence-corrected chi connectivity index (χ1v) is 12.3. The number of hydrogen-bond donors (Lipinski definition) is 0. The summed E-state index contributed by atoms with van der Waals surface area (Å²) < 4.78 is 22.9. The van der Waals surface area contributed by atoms with E-state index in [2.05, 4.69) is 10.00 Å². The molecule has 0 amide bonds. The molecule has 0 radical (unpaired) electrons. The van der Waals surface area contributed by atoms with Crippen LogP contribution in [0.15, 0.2) is 47.3 Å². The molecule has 0 unspecified atom stereocenters. The molecule has 4 rings (SSSR count). The van der Waals surface area contributed by atoms with Gasteiger partial charge in [0.15, 0.2) is 11.6 Å². The van der Waals surface area contributed by atoms with Gasteiger partial charge in [-0.15, -0.1) is 5.10 Å². The van der Waals surface area contributed by atoms with E-state index in [0.29, 0.717) is 36.6 Å². The molecule has 0 atom stereocenters. The van der Waals surface area contributed by atoms with Gasteiger partial charge in [0.2, 0.25) is 0 Å². The quantitative estimate of drug-likeness (QED) is 0.444. The topological polar surface area (TPSA) is 69.4 Å². The summed E-state index contributed by atoms with van der Waals surface area (Å²) in [7, 11) is 0.